The molecule has 0 aliphatic heterocycles. The second-order valence-corrected chi connectivity index (χ2v) is 4.19. The van der Waals surface area contributed by atoms with Gasteiger partial charge in [-0.25, -0.2) is 0 Å². The lowest BCUT2D eigenvalue weighted by molar-refractivity contribution is 0.273. The van der Waals surface area contributed by atoms with Gasteiger partial charge >= 0.3 is 0 Å². The lowest BCUT2D eigenvalue weighted by Crippen LogP contribution is -2.32. The van der Waals surface area contributed by atoms with Crippen LogP contribution in [-0.2, 0) is 0 Å². The van der Waals surface area contributed by atoms with E-state index in [1.54, 1.807) is 0 Å². The molecule has 12 heavy (non-hydrogen) atoms. The Bertz CT molecular complexity index is 98.5. The molecular weight excluding hydrogens is 168 g/mol. The lowest BCUT2D eigenvalue weighted by atomic mass is 10.2. The summed E-state index contributed by atoms with van der Waals surface area (Å²) in [5, 5.41) is 0. The SMILES string of the molecule is CSCC(C)N(C)CCCCN. The van der Waals surface area contributed by atoms with Gasteiger partial charge in [-0.15, -0.1) is 0 Å². The van der Waals surface area contributed by atoms with E-state index >= 15 is 0 Å². The number of nitrogens with zero attached hydrogens (tertiary/aromatic N) is 1. The monoisotopic (exact) mass is 190 g/mol. The molecule has 0 amide bonds. The molecule has 0 aliphatic carbocycles. The van der Waals surface area contributed by atoms with Gasteiger partial charge in [-0.05, 0) is 46.2 Å². The van der Waals surface area contributed by atoms with Gasteiger partial charge in [0.25, 0.3) is 0 Å². The van der Waals surface area contributed by atoms with Crippen LogP contribution in [0, 0.1) is 0 Å². The summed E-state index contributed by atoms with van der Waals surface area (Å²) < 4.78 is 0. The normalized spacial score (nSPS) is 13.8. The third-order valence-corrected chi connectivity index (χ3v) is 2.94. The summed E-state index contributed by atoms with van der Waals surface area (Å²) in [5.41, 5.74) is 5.43. The van der Waals surface area contributed by atoms with E-state index in [9.17, 15) is 0 Å². The van der Waals surface area contributed by atoms with Crippen LogP contribution >= 0.6 is 11.8 Å². The minimum atomic E-state index is 0.692. The molecule has 0 saturated heterocycles. The molecule has 0 aromatic carbocycles. The van der Waals surface area contributed by atoms with Crippen molar-refractivity contribution in [1.82, 2.24) is 4.90 Å². The fraction of sp³-hybridized carbons (Fsp3) is 1.00. The van der Waals surface area contributed by atoms with E-state index in [1.807, 2.05) is 11.8 Å². The Morgan fingerprint density at radius 3 is 2.58 bits per heavy atom. The van der Waals surface area contributed by atoms with Crippen LogP contribution in [0.2, 0.25) is 0 Å². The summed E-state index contributed by atoms with van der Waals surface area (Å²) in [7, 11) is 2.19. The predicted octanol–water partition coefficient (Wildman–Crippen LogP) is 1.41. The predicted molar refractivity (Wildman–Crippen MR) is 58.8 cm³/mol. The molecule has 0 heterocycles. The molecule has 74 valence electrons. The van der Waals surface area contributed by atoms with Crippen LogP contribution in [0.1, 0.15) is 19.8 Å². The molecule has 0 fully saturated rings. The zero-order valence-electron chi connectivity index (χ0n) is 8.55. The third kappa shape index (κ3) is 5.86. The van der Waals surface area contributed by atoms with E-state index in [4.69, 9.17) is 5.73 Å². The van der Waals surface area contributed by atoms with Crippen LogP contribution in [0.4, 0.5) is 0 Å². The van der Waals surface area contributed by atoms with E-state index in [0.717, 1.165) is 13.0 Å². The molecule has 0 rings (SSSR count). The summed E-state index contributed by atoms with van der Waals surface area (Å²) in [6.45, 7) is 4.28. The minimum Gasteiger partial charge on any atom is -0.330 e. The van der Waals surface area contributed by atoms with Crippen molar-refractivity contribution in [1.29, 1.82) is 0 Å². The van der Waals surface area contributed by atoms with Crippen LogP contribution < -0.4 is 5.73 Å². The number of rotatable bonds is 7. The van der Waals surface area contributed by atoms with Gasteiger partial charge in [-0.1, -0.05) is 0 Å². The first kappa shape index (κ1) is 12.3. The van der Waals surface area contributed by atoms with E-state index in [0.29, 0.717) is 6.04 Å². The highest BCUT2D eigenvalue weighted by molar-refractivity contribution is 7.98. The molecule has 0 aromatic heterocycles. The fourth-order valence-corrected chi connectivity index (χ4v) is 1.83. The molecular formula is C9H22N2S. The van der Waals surface area contributed by atoms with Crippen LogP contribution in [0.15, 0.2) is 0 Å². The zero-order chi connectivity index (χ0) is 9.40. The number of unbranched alkanes of at least 4 members (excludes halogenated alkanes) is 1. The van der Waals surface area contributed by atoms with Gasteiger partial charge < -0.3 is 10.6 Å². The average Bonchev–Trinajstić information content (AvgIpc) is 2.05. The van der Waals surface area contributed by atoms with Crippen LogP contribution in [-0.4, -0.2) is 43.1 Å². The van der Waals surface area contributed by atoms with Gasteiger partial charge in [0.2, 0.25) is 0 Å². The fourth-order valence-electron chi connectivity index (χ4n) is 1.09. The molecule has 1 atom stereocenters. The summed E-state index contributed by atoms with van der Waals surface area (Å²) in [6.07, 6.45) is 4.53. The summed E-state index contributed by atoms with van der Waals surface area (Å²) in [6, 6.07) is 0.692. The van der Waals surface area contributed by atoms with Gasteiger partial charge in [0.05, 0.1) is 0 Å². The maximum Gasteiger partial charge on any atom is 0.0154 e. The van der Waals surface area contributed by atoms with Gasteiger partial charge in [-0.2, -0.15) is 11.8 Å². The molecule has 0 bridgehead atoms. The maximum absolute atomic E-state index is 5.43. The van der Waals surface area contributed by atoms with Crippen LogP contribution in [0.3, 0.4) is 0 Å². The molecule has 2 N–H and O–H groups in total. The number of hydrogen-bond donors (Lipinski definition) is 1. The van der Waals surface area contributed by atoms with Gasteiger partial charge in [-0.3, -0.25) is 0 Å². The molecule has 1 unspecified atom stereocenters. The highest BCUT2D eigenvalue weighted by Gasteiger charge is 2.06. The third-order valence-electron chi connectivity index (χ3n) is 2.13. The van der Waals surface area contributed by atoms with Gasteiger partial charge in [0.1, 0.15) is 0 Å². The van der Waals surface area contributed by atoms with Crippen molar-refractivity contribution in [3.8, 4) is 0 Å². The Morgan fingerprint density at radius 2 is 2.08 bits per heavy atom. The zero-order valence-corrected chi connectivity index (χ0v) is 9.36. The summed E-state index contributed by atoms with van der Waals surface area (Å²) >= 11 is 1.91. The molecule has 0 saturated carbocycles. The van der Waals surface area contributed by atoms with E-state index < -0.39 is 0 Å². The number of hydrogen-bond acceptors (Lipinski definition) is 3. The Labute approximate surface area is 80.9 Å². The second-order valence-electron chi connectivity index (χ2n) is 3.28. The van der Waals surface area contributed by atoms with Crippen molar-refractivity contribution in [2.24, 2.45) is 5.73 Å². The van der Waals surface area contributed by atoms with E-state index in [-0.39, 0.29) is 0 Å². The largest absolute Gasteiger partial charge is 0.330 e. The first-order valence-corrected chi connectivity index (χ1v) is 6.01. The molecule has 0 spiro atoms. The highest BCUT2D eigenvalue weighted by atomic mass is 32.2. The van der Waals surface area contributed by atoms with Crippen molar-refractivity contribution < 1.29 is 0 Å². The van der Waals surface area contributed by atoms with Gasteiger partial charge in [0.15, 0.2) is 0 Å². The maximum atomic E-state index is 5.43. The van der Waals surface area contributed by atoms with Crippen molar-refractivity contribution in [3.63, 3.8) is 0 Å². The molecule has 2 nitrogen and oxygen atoms in total. The Hall–Kier alpha value is 0.270. The first-order chi connectivity index (χ1) is 5.72. The van der Waals surface area contributed by atoms with Crippen molar-refractivity contribution in [2.45, 2.75) is 25.8 Å². The van der Waals surface area contributed by atoms with E-state index in [1.165, 1.54) is 18.7 Å². The lowest BCUT2D eigenvalue weighted by Gasteiger charge is -2.23. The molecule has 0 radical (unpaired) electrons. The minimum absolute atomic E-state index is 0.692. The second kappa shape index (κ2) is 7.90. The molecule has 0 aliphatic rings. The van der Waals surface area contributed by atoms with E-state index in [2.05, 4.69) is 25.1 Å². The first-order valence-electron chi connectivity index (χ1n) is 4.61. The molecule has 3 heteroatoms. The summed E-state index contributed by atoms with van der Waals surface area (Å²) in [4.78, 5) is 2.41. The van der Waals surface area contributed by atoms with Gasteiger partial charge in [0, 0.05) is 11.8 Å². The standard InChI is InChI=1S/C9H22N2S/c1-9(8-12-3)11(2)7-5-4-6-10/h9H,4-8,10H2,1-3H3. The molecule has 0 aromatic rings. The van der Waals surface area contributed by atoms with Crippen LogP contribution in [0.5, 0.6) is 0 Å². The topological polar surface area (TPSA) is 29.3 Å². The van der Waals surface area contributed by atoms with Crippen LogP contribution in [0.25, 0.3) is 0 Å². The Balaban J connectivity index is 3.35. The smallest absolute Gasteiger partial charge is 0.0154 e. The Morgan fingerprint density at radius 1 is 1.42 bits per heavy atom. The van der Waals surface area contributed by atoms with Crippen molar-refractivity contribution in [2.75, 3.05) is 32.1 Å². The van der Waals surface area contributed by atoms with Crippen molar-refractivity contribution >= 4 is 11.8 Å². The Kier molecular flexibility index (Phi) is 8.07. The highest BCUT2D eigenvalue weighted by Crippen LogP contribution is 2.04. The number of thioether (sulfide) groups is 1. The number of nitrogens with two attached hydrogens (primary N) is 1. The quantitative estimate of drug-likeness (QED) is 0.616. The average molecular weight is 190 g/mol. The van der Waals surface area contributed by atoms with Crippen molar-refractivity contribution in [3.05, 3.63) is 0 Å². The summed E-state index contributed by atoms with van der Waals surface area (Å²) in [5.74, 6) is 1.22.